The quantitative estimate of drug-likeness (QED) is 0.819. The van der Waals surface area contributed by atoms with E-state index in [1.54, 1.807) is 6.92 Å². The first-order valence-corrected chi connectivity index (χ1v) is 7.05. The topological polar surface area (TPSA) is 54.0 Å². The number of carbonyl (C=O) groups excluding carboxylic acids is 1. The molecule has 0 spiro atoms. The summed E-state index contributed by atoms with van der Waals surface area (Å²) in [4.78, 5) is 16.4. The van der Waals surface area contributed by atoms with Crippen LogP contribution in [0.2, 0.25) is 0 Å². The van der Waals surface area contributed by atoms with Gasteiger partial charge in [0.25, 0.3) is 5.91 Å². The minimum Gasteiger partial charge on any atom is -0.364 e. The molecular formula is C16H20FN3O. The summed E-state index contributed by atoms with van der Waals surface area (Å²) in [6.45, 7) is 5.68. The highest BCUT2D eigenvalue weighted by molar-refractivity contribution is 5.99. The first kappa shape index (κ1) is 15.3. The Balaban J connectivity index is 2.27. The van der Waals surface area contributed by atoms with Gasteiger partial charge in [0.05, 0.1) is 17.3 Å². The highest BCUT2D eigenvalue weighted by atomic mass is 19.1. The van der Waals surface area contributed by atoms with Crippen molar-refractivity contribution >= 4 is 11.7 Å². The second-order valence-electron chi connectivity index (χ2n) is 6.02. The number of rotatable bonds is 5. The third kappa shape index (κ3) is 3.52. The van der Waals surface area contributed by atoms with Crippen molar-refractivity contribution in [3.63, 3.8) is 0 Å². The van der Waals surface area contributed by atoms with Crippen LogP contribution in [0.4, 0.5) is 10.2 Å². The molecule has 2 N–H and O–H groups in total. The van der Waals surface area contributed by atoms with Gasteiger partial charge in [0, 0.05) is 5.54 Å². The minimum atomic E-state index is -0.760. The van der Waals surface area contributed by atoms with Crippen LogP contribution >= 0.6 is 0 Å². The van der Waals surface area contributed by atoms with Crippen LogP contribution in [0.5, 0.6) is 0 Å². The number of hydrogen-bond acceptors (Lipinski definition) is 3. The number of nitrogens with zero attached hydrogens (tertiary/aromatic N) is 1. The molecule has 112 valence electrons. The molecule has 1 saturated carbocycles. The van der Waals surface area contributed by atoms with E-state index in [0.717, 1.165) is 19.0 Å². The standard InChI is InChI=1S/C16H20FN3O/c1-5-15(3,6-2)20-14(21)12-9-11(17)10-18-13(12)19-16(4)7-8-16/h1,9-10H,6-8H2,2-4H3,(H,18,19)(H,20,21). The first-order valence-electron chi connectivity index (χ1n) is 7.05. The largest absolute Gasteiger partial charge is 0.364 e. The van der Waals surface area contributed by atoms with Crippen LogP contribution in [-0.4, -0.2) is 22.0 Å². The molecule has 21 heavy (non-hydrogen) atoms. The predicted molar refractivity (Wildman–Crippen MR) is 80.5 cm³/mol. The van der Waals surface area contributed by atoms with E-state index in [1.807, 2.05) is 13.8 Å². The second-order valence-corrected chi connectivity index (χ2v) is 6.02. The zero-order valence-electron chi connectivity index (χ0n) is 12.6. The molecule has 1 fully saturated rings. The summed E-state index contributed by atoms with van der Waals surface area (Å²) < 4.78 is 13.4. The Bertz CT molecular complexity index is 604. The molecule has 1 aromatic heterocycles. The average Bonchev–Trinajstić information content (AvgIpc) is 3.18. The molecule has 1 amide bonds. The van der Waals surface area contributed by atoms with Gasteiger partial charge in [-0.15, -0.1) is 6.42 Å². The molecule has 1 heterocycles. The number of carbonyl (C=O) groups is 1. The van der Waals surface area contributed by atoms with E-state index in [4.69, 9.17) is 6.42 Å². The average molecular weight is 289 g/mol. The predicted octanol–water partition coefficient (Wildman–Crippen LogP) is 2.72. The fourth-order valence-corrected chi connectivity index (χ4v) is 1.85. The van der Waals surface area contributed by atoms with Crippen LogP contribution in [0, 0.1) is 18.2 Å². The zero-order valence-corrected chi connectivity index (χ0v) is 12.6. The number of anilines is 1. The highest BCUT2D eigenvalue weighted by Gasteiger charge is 2.38. The van der Waals surface area contributed by atoms with E-state index in [2.05, 4.69) is 21.5 Å². The number of nitrogens with one attached hydrogen (secondary N) is 2. The number of pyridine rings is 1. The summed E-state index contributed by atoms with van der Waals surface area (Å²) in [5.41, 5.74) is -0.637. The lowest BCUT2D eigenvalue weighted by molar-refractivity contribution is 0.0923. The van der Waals surface area contributed by atoms with Gasteiger partial charge in [-0.3, -0.25) is 4.79 Å². The molecule has 1 unspecified atom stereocenters. The van der Waals surface area contributed by atoms with E-state index in [9.17, 15) is 9.18 Å². The maximum atomic E-state index is 13.4. The van der Waals surface area contributed by atoms with E-state index >= 15 is 0 Å². The zero-order chi connectivity index (χ0) is 15.7. The molecule has 1 aliphatic rings. The summed E-state index contributed by atoms with van der Waals surface area (Å²) in [5.74, 6) is 1.98. The van der Waals surface area contributed by atoms with Gasteiger partial charge in [-0.2, -0.15) is 0 Å². The summed E-state index contributed by atoms with van der Waals surface area (Å²) in [6, 6.07) is 1.18. The maximum Gasteiger partial charge on any atom is 0.256 e. The molecule has 0 aliphatic heterocycles. The first-order chi connectivity index (χ1) is 9.81. The van der Waals surface area contributed by atoms with Gasteiger partial charge < -0.3 is 10.6 Å². The van der Waals surface area contributed by atoms with Crippen LogP contribution < -0.4 is 10.6 Å². The Morgan fingerprint density at radius 2 is 2.29 bits per heavy atom. The van der Waals surface area contributed by atoms with Gasteiger partial charge in [0.1, 0.15) is 11.6 Å². The summed E-state index contributed by atoms with van der Waals surface area (Å²) >= 11 is 0. The number of aromatic nitrogens is 1. The van der Waals surface area contributed by atoms with E-state index in [0.29, 0.717) is 12.2 Å². The lowest BCUT2D eigenvalue weighted by atomic mass is 9.99. The SMILES string of the molecule is C#CC(C)(CC)NC(=O)c1cc(F)cnc1NC1(C)CC1. The van der Waals surface area contributed by atoms with Crippen molar-refractivity contribution in [2.75, 3.05) is 5.32 Å². The van der Waals surface area contributed by atoms with Gasteiger partial charge in [-0.1, -0.05) is 12.8 Å². The maximum absolute atomic E-state index is 13.4. The van der Waals surface area contributed by atoms with E-state index in [1.165, 1.54) is 6.07 Å². The Kier molecular flexibility index (Phi) is 3.91. The lowest BCUT2D eigenvalue weighted by Crippen LogP contribution is -2.44. The second kappa shape index (κ2) is 5.36. The molecule has 2 rings (SSSR count). The number of amides is 1. The fourth-order valence-electron chi connectivity index (χ4n) is 1.85. The molecule has 0 radical (unpaired) electrons. The highest BCUT2D eigenvalue weighted by Crippen LogP contribution is 2.38. The monoisotopic (exact) mass is 289 g/mol. The van der Waals surface area contributed by atoms with E-state index in [-0.39, 0.29) is 11.1 Å². The van der Waals surface area contributed by atoms with Crippen molar-refractivity contribution in [3.05, 3.63) is 23.6 Å². The van der Waals surface area contributed by atoms with Crippen LogP contribution in [0.25, 0.3) is 0 Å². The Labute approximate surface area is 124 Å². The van der Waals surface area contributed by atoms with Crippen LogP contribution in [0.15, 0.2) is 12.3 Å². The molecule has 4 nitrogen and oxygen atoms in total. The number of terminal acetylenes is 1. The number of hydrogen-bond donors (Lipinski definition) is 2. The lowest BCUT2D eigenvalue weighted by Gasteiger charge is -2.24. The van der Waals surface area contributed by atoms with Crippen LogP contribution in [0.3, 0.4) is 0 Å². The molecule has 1 aliphatic carbocycles. The normalized spacial score (nSPS) is 18.2. The smallest absolute Gasteiger partial charge is 0.256 e. The summed E-state index contributed by atoms with van der Waals surface area (Å²) in [5, 5.41) is 5.96. The molecular weight excluding hydrogens is 269 g/mol. The fraction of sp³-hybridized carbons (Fsp3) is 0.500. The molecule has 5 heteroatoms. The van der Waals surface area contributed by atoms with Crippen LogP contribution in [0.1, 0.15) is 50.4 Å². The van der Waals surface area contributed by atoms with Crippen molar-refractivity contribution in [2.24, 2.45) is 0 Å². The minimum absolute atomic E-state index is 0.0555. The van der Waals surface area contributed by atoms with Gasteiger partial charge in [-0.25, -0.2) is 9.37 Å². The van der Waals surface area contributed by atoms with Crippen LogP contribution in [-0.2, 0) is 0 Å². The van der Waals surface area contributed by atoms with Gasteiger partial charge in [0.15, 0.2) is 0 Å². The third-order valence-corrected chi connectivity index (χ3v) is 3.93. The number of halogens is 1. The van der Waals surface area contributed by atoms with Crippen molar-refractivity contribution in [3.8, 4) is 12.3 Å². The molecule has 0 saturated heterocycles. The van der Waals surface area contributed by atoms with Crippen molar-refractivity contribution in [1.29, 1.82) is 0 Å². The Hall–Kier alpha value is -2.09. The Morgan fingerprint density at radius 1 is 1.62 bits per heavy atom. The molecule has 0 aromatic carbocycles. The van der Waals surface area contributed by atoms with Crippen molar-refractivity contribution in [2.45, 2.75) is 51.1 Å². The molecule has 1 atom stereocenters. The van der Waals surface area contributed by atoms with Crippen molar-refractivity contribution < 1.29 is 9.18 Å². The molecule has 0 bridgehead atoms. The third-order valence-electron chi connectivity index (χ3n) is 3.93. The van der Waals surface area contributed by atoms with Gasteiger partial charge in [0.2, 0.25) is 0 Å². The van der Waals surface area contributed by atoms with Gasteiger partial charge in [-0.05, 0) is 39.2 Å². The molecule has 1 aromatic rings. The van der Waals surface area contributed by atoms with Crippen molar-refractivity contribution in [1.82, 2.24) is 10.3 Å². The van der Waals surface area contributed by atoms with Gasteiger partial charge >= 0.3 is 0 Å². The summed E-state index contributed by atoms with van der Waals surface area (Å²) in [7, 11) is 0. The Morgan fingerprint density at radius 3 is 2.81 bits per heavy atom. The van der Waals surface area contributed by atoms with E-state index < -0.39 is 17.3 Å². The summed E-state index contributed by atoms with van der Waals surface area (Å²) in [6.07, 6.45) is 9.15.